The molecule has 7 heteroatoms. The first-order valence-corrected chi connectivity index (χ1v) is 11.0. The van der Waals surface area contributed by atoms with E-state index in [4.69, 9.17) is 4.74 Å². The van der Waals surface area contributed by atoms with Crippen molar-refractivity contribution in [3.63, 3.8) is 0 Å². The Bertz CT molecular complexity index is 1080. The predicted octanol–water partition coefficient (Wildman–Crippen LogP) is 4.16. The van der Waals surface area contributed by atoms with Gasteiger partial charge in [0.05, 0.1) is 12.0 Å². The van der Waals surface area contributed by atoms with E-state index in [0.717, 1.165) is 5.56 Å². The van der Waals surface area contributed by atoms with Gasteiger partial charge in [0.2, 0.25) is 10.0 Å². The lowest BCUT2D eigenvalue weighted by Crippen LogP contribution is -2.30. The maximum atomic E-state index is 12.8. The summed E-state index contributed by atoms with van der Waals surface area (Å²) in [4.78, 5) is 12.7. The fraction of sp³-hybridized carbons (Fsp3) is 0.174. The summed E-state index contributed by atoms with van der Waals surface area (Å²) in [7, 11) is -2.00. The molecule has 0 heterocycles. The van der Waals surface area contributed by atoms with Crippen LogP contribution in [0.5, 0.6) is 5.75 Å². The molecule has 0 aliphatic heterocycles. The molecule has 0 atom stereocenters. The van der Waals surface area contributed by atoms with Gasteiger partial charge >= 0.3 is 0 Å². The van der Waals surface area contributed by atoms with Gasteiger partial charge in [-0.05, 0) is 54.1 Å². The molecule has 3 rings (SSSR count). The van der Waals surface area contributed by atoms with Crippen molar-refractivity contribution >= 4 is 21.6 Å². The second-order valence-corrected chi connectivity index (χ2v) is 8.56. The third-order valence-corrected chi connectivity index (χ3v) is 6.59. The lowest BCUT2D eigenvalue weighted by atomic mass is 10.1. The number of carbonyl (C=O) groups is 1. The smallest absolute Gasteiger partial charge is 0.255 e. The summed E-state index contributed by atoms with van der Waals surface area (Å²) < 4.78 is 32.2. The zero-order valence-corrected chi connectivity index (χ0v) is 17.7. The molecule has 0 aliphatic rings. The molecule has 6 nitrogen and oxygen atoms in total. The summed E-state index contributed by atoms with van der Waals surface area (Å²) in [6, 6.07) is 22.4. The predicted molar refractivity (Wildman–Crippen MR) is 117 cm³/mol. The third-order valence-electron chi connectivity index (χ3n) is 4.66. The highest BCUT2D eigenvalue weighted by molar-refractivity contribution is 7.89. The Morgan fingerprint density at radius 2 is 1.57 bits per heavy atom. The number of methoxy groups -OCH3 is 1. The van der Waals surface area contributed by atoms with Crippen LogP contribution in [0.25, 0.3) is 0 Å². The van der Waals surface area contributed by atoms with E-state index in [0.29, 0.717) is 23.5 Å². The van der Waals surface area contributed by atoms with Crippen LogP contribution in [0.15, 0.2) is 83.8 Å². The van der Waals surface area contributed by atoms with Crippen LogP contribution in [-0.2, 0) is 16.6 Å². The molecule has 0 unspecified atom stereocenters. The van der Waals surface area contributed by atoms with Crippen LogP contribution in [0.3, 0.4) is 0 Å². The molecule has 3 aromatic rings. The van der Waals surface area contributed by atoms with Gasteiger partial charge in [-0.1, -0.05) is 37.3 Å². The maximum absolute atomic E-state index is 12.8. The molecule has 1 N–H and O–H groups in total. The van der Waals surface area contributed by atoms with Crippen molar-refractivity contribution in [3.8, 4) is 5.75 Å². The quantitative estimate of drug-likeness (QED) is 0.589. The van der Waals surface area contributed by atoms with Crippen LogP contribution < -0.4 is 10.1 Å². The summed E-state index contributed by atoms with van der Waals surface area (Å²) >= 11 is 0. The summed E-state index contributed by atoms with van der Waals surface area (Å²) in [6.45, 7) is 2.38. The van der Waals surface area contributed by atoms with E-state index in [2.05, 4.69) is 5.32 Å². The number of nitrogens with one attached hydrogen (secondary N) is 1. The minimum atomic E-state index is -3.58. The van der Waals surface area contributed by atoms with Crippen LogP contribution in [-0.4, -0.2) is 32.3 Å². The fourth-order valence-electron chi connectivity index (χ4n) is 2.95. The normalized spacial score (nSPS) is 11.3. The van der Waals surface area contributed by atoms with Crippen LogP contribution in [0, 0.1) is 0 Å². The van der Waals surface area contributed by atoms with Crippen molar-refractivity contribution in [2.45, 2.75) is 18.4 Å². The van der Waals surface area contributed by atoms with E-state index >= 15 is 0 Å². The molecule has 0 saturated heterocycles. The SMILES string of the molecule is CCN(Cc1ccc(C(=O)Nc2ccc(OC)cc2)cc1)S(=O)(=O)c1ccccc1. The number of hydrogen-bond donors (Lipinski definition) is 1. The summed E-state index contributed by atoms with van der Waals surface area (Å²) in [5.74, 6) is 0.472. The van der Waals surface area contributed by atoms with Crippen molar-refractivity contribution in [2.24, 2.45) is 0 Å². The van der Waals surface area contributed by atoms with Gasteiger partial charge in [0, 0.05) is 24.3 Å². The molecule has 0 aliphatic carbocycles. The Morgan fingerprint density at radius 3 is 2.13 bits per heavy atom. The highest BCUT2D eigenvalue weighted by atomic mass is 32.2. The number of rotatable bonds is 8. The number of ether oxygens (including phenoxy) is 1. The Kier molecular flexibility index (Phi) is 6.87. The molecule has 0 fully saturated rings. The first-order chi connectivity index (χ1) is 14.4. The van der Waals surface area contributed by atoms with Crippen LogP contribution in [0.4, 0.5) is 5.69 Å². The van der Waals surface area contributed by atoms with Crippen molar-refractivity contribution in [1.82, 2.24) is 4.31 Å². The van der Waals surface area contributed by atoms with Crippen LogP contribution in [0.1, 0.15) is 22.8 Å². The van der Waals surface area contributed by atoms with Gasteiger partial charge in [-0.15, -0.1) is 0 Å². The van der Waals surface area contributed by atoms with Gasteiger partial charge in [0.15, 0.2) is 0 Å². The molecule has 0 saturated carbocycles. The summed E-state index contributed by atoms with van der Waals surface area (Å²) in [5, 5.41) is 2.83. The Labute approximate surface area is 177 Å². The fourth-order valence-corrected chi connectivity index (χ4v) is 4.41. The average Bonchev–Trinajstić information content (AvgIpc) is 2.78. The van der Waals surface area contributed by atoms with Gasteiger partial charge in [0.25, 0.3) is 5.91 Å². The molecule has 0 spiro atoms. The van der Waals surface area contributed by atoms with E-state index in [-0.39, 0.29) is 17.3 Å². The minimum Gasteiger partial charge on any atom is -0.497 e. The van der Waals surface area contributed by atoms with Crippen molar-refractivity contribution in [3.05, 3.63) is 90.0 Å². The highest BCUT2D eigenvalue weighted by Gasteiger charge is 2.22. The number of sulfonamides is 1. The second kappa shape index (κ2) is 9.56. The maximum Gasteiger partial charge on any atom is 0.255 e. The minimum absolute atomic E-state index is 0.230. The van der Waals surface area contributed by atoms with Crippen molar-refractivity contribution < 1.29 is 17.9 Å². The van der Waals surface area contributed by atoms with E-state index < -0.39 is 10.0 Å². The first-order valence-electron chi connectivity index (χ1n) is 9.53. The zero-order valence-electron chi connectivity index (χ0n) is 16.9. The lowest BCUT2D eigenvalue weighted by Gasteiger charge is -2.20. The molecule has 156 valence electrons. The lowest BCUT2D eigenvalue weighted by molar-refractivity contribution is 0.102. The second-order valence-electron chi connectivity index (χ2n) is 6.62. The molecule has 3 aromatic carbocycles. The molecule has 0 bridgehead atoms. The zero-order chi connectivity index (χ0) is 21.6. The Hall–Kier alpha value is -3.16. The summed E-state index contributed by atoms with van der Waals surface area (Å²) in [5.41, 5.74) is 1.96. The van der Waals surface area contributed by atoms with Gasteiger partial charge in [-0.25, -0.2) is 8.42 Å². The number of nitrogens with zero attached hydrogens (tertiary/aromatic N) is 1. The molecule has 0 radical (unpaired) electrons. The van der Waals surface area contributed by atoms with E-state index in [1.165, 1.54) is 4.31 Å². The highest BCUT2D eigenvalue weighted by Crippen LogP contribution is 2.19. The van der Waals surface area contributed by atoms with E-state index in [9.17, 15) is 13.2 Å². The Balaban J connectivity index is 1.69. The van der Waals surface area contributed by atoms with Crippen molar-refractivity contribution in [1.29, 1.82) is 0 Å². The standard InChI is InChI=1S/C23H24N2O4S/c1-3-25(30(27,28)22-7-5-4-6-8-22)17-18-9-11-19(12-10-18)23(26)24-20-13-15-21(29-2)16-14-20/h4-16H,3,17H2,1-2H3,(H,24,26). The first kappa shape index (κ1) is 21.5. The van der Waals surface area contributed by atoms with Crippen molar-refractivity contribution in [2.75, 3.05) is 19.0 Å². The Morgan fingerprint density at radius 1 is 0.933 bits per heavy atom. The third kappa shape index (κ3) is 5.06. The number of carbonyl (C=O) groups excluding carboxylic acids is 1. The molecular formula is C23H24N2O4S. The number of hydrogen-bond acceptors (Lipinski definition) is 4. The average molecular weight is 425 g/mol. The van der Waals surface area contributed by atoms with Crippen LogP contribution >= 0.6 is 0 Å². The number of amides is 1. The monoisotopic (exact) mass is 424 g/mol. The van der Waals surface area contributed by atoms with Gasteiger partial charge in [-0.3, -0.25) is 4.79 Å². The topological polar surface area (TPSA) is 75.7 Å². The largest absolute Gasteiger partial charge is 0.497 e. The van der Waals surface area contributed by atoms with Gasteiger partial charge in [-0.2, -0.15) is 4.31 Å². The molecular weight excluding hydrogens is 400 g/mol. The van der Waals surface area contributed by atoms with Gasteiger partial charge in [0.1, 0.15) is 5.75 Å². The van der Waals surface area contributed by atoms with E-state index in [1.807, 2.05) is 0 Å². The summed E-state index contributed by atoms with van der Waals surface area (Å²) in [6.07, 6.45) is 0. The van der Waals surface area contributed by atoms with Gasteiger partial charge < -0.3 is 10.1 Å². The molecule has 30 heavy (non-hydrogen) atoms. The number of benzene rings is 3. The van der Waals surface area contributed by atoms with E-state index in [1.54, 1.807) is 92.9 Å². The molecule has 1 amide bonds. The number of anilines is 1. The molecule has 0 aromatic heterocycles. The van der Waals surface area contributed by atoms with Crippen LogP contribution in [0.2, 0.25) is 0 Å².